The lowest BCUT2D eigenvalue weighted by Crippen LogP contribution is -2.53. The van der Waals surface area contributed by atoms with Crippen LogP contribution in [0.1, 0.15) is 58.7 Å². The number of aliphatic hydroxyl groups excluding tert-OH is 1. The molecule has 13 heteroatoms. The van der Waals surface area contributed by atoms with E-state index < -0.39 is 70.9 Å². The lowest BCUT2D eigenvalue weighted by atomic mass is 9.99. The number of hydrogen-bond donors (Lipinski definition) is 3. The Morgan fingerprint density at radius 1 is 0.854 bits per heavy atom. The first-order valence-electron chi connectivity index (χ1n) is 12.5. The average molecular weight is 587 g/mol. The molecule has 3 N–H and O–H groups in total. The molecule has 0 unspecified atom stereocenters. The van der Waals surface area contributed by atoms with Crippen LogP contribution in [0.5, 0.6) is 5.75 Å². The fourth-order valence-electron chi connectivity index (χ4n) is 3.56. The largest absolute Gasteiger partial charge is 0.573 e. The van der Waals surface area contributed by atoms with E-state index in [4.69, 9.17) is 9.47 Å². The molecule has 0 aliphatic heterocycles. The van der Waals surface area contributed by atoms with Crippen molar-refractivity contribution in [3.63, 3.8) is 0 Å². The average Bonchev–Trinajstić information content (AvgIpc) is 2.80. The first-order chi connectivity index (χ1) is 18.8. The Kier molecular flexibility index (Phi) is 10.7. The summed E-state index contributed by atoms with van der Waals surface area (Å²) in [6, 6.07) is 7.84. The van der Waals surface area contributed by atoms with E-state index in [1.165, 1.54) is 20.8 Å². The quantitative estimate of drug-likeness (QED) is 0.287. The first kappa shape index (κ1) is 33.3. The molecular formula is C28H34F4N2O7. The molecule has 0 spiro atoms. The third kappa shape index (κ3) is 11.3. The van der Waals surface area contributed by atoms with Crippen molar-refractivity contribution in [1.29, 1.82) is 0 Å². The summed E-state index contributed by atoms with van der Waals surface area (Å²) < 4.78 is 67.7. The molecular weight excluding hydrogens is 552 g/mol. The molecule has 0 radical (unpaired) electrons. The van der Waals surface area contributed by atoms with E-state index in [-0.39, 0.29) is 6.42 Å². The number of aliphatic hydroxyl groups is 1. The number of benzene rings is 2. The SMILES string of the molecule is CC(C)(C)OC(=O)N[C@H](Cc1ccccc1)[C@H](O)C(=O)N[C@@H](C(=O)OC(C)(C)C)c1cccc(OC(F)(F)F)c1F. The van der Waals surface area contributed by atoms with Gasteiger partial charge >= 0.3 is 18.4 Å². The monoisotopic (exact) mass is 586 g/mol. The van der Waals surface area contributed by atoms with Crippen LogP contribution in [0.2, 0.25) is 0 Å². The van der Waals surface area contributed by atoms with Crippen LogP contribution in [0.3, 0.4) is 0 Å². The molecule has 0 saturated heterocycles. The number of alkyl carbamates (subject to hydrolysis) is 1. The maximum Gasteiger partial charge on any atom is 0.573 e. The zero-order valence-electron chi connectivity index (χ0n) is 23.5. The number of carbonyl (C=O) groups is 3. The molecule has 3 atom stereocenters. The lowest BCUT2D eigenvalue weighted by Gasteiger charge is -2.29. The highest BCUT2D eigenvalue weighted by Gasteiger charge is 2.38. The van der Waals surface area contributed by atoms with Gasteiger partial charge < -0.3 is 30.0 Å². The molecule has 2 rings (SSSR count). The molecule has 2 aromatic rings. The van der Waals surface area contributed by atoms with Crippen molar-refractivity contribution in [2.45, 2.75) is 83.7 Å². The summed E-state index contributed by atoms with van der Waals surface area (Å²) in [7, 11) is 0. The minimum Gasteiger partial charge on any atom is -0.458 e. The third-order valence-corrected chi connectivity index (χ3v) is 5.11. The maximum atomic E-state index is 15.2. The number of rotatable bonds is 9. The van der Waals surface area contributed by atoms with E-state index in [2.05, 4.69) is 15.4 Å². The van der Waals surface area contributed by atoms with Gasteiger partial charge in [-0.25, -0.2) is 14.0 Å². The summed E-state index contributed by atoms with van der Waals surface area (Å²) in [5.41, 5.74) is -2.13. The Morgan fingerprint density at radius 2 is 1.44 bits per heavy atom. The second-order valence-corrected chi connectivity index (χ2v) is 11.1. The molecule has 0 saturated carbocycles. The van der Waals surface area contributed by atoms with Crippen LogP contribution in [0.25, 0.3) is 0 Å². The number of hydrogen-bond acceptors (Lipinski definition) is 7. The Bertz CT molecular complexity index is 1210. The Morgan fingerprint density at radius 3 is 1.98 bits per heavy atom. The predicted octanol–water partition coefficient (Wildman–Crippen LogP) is 4.72. The fourth-order valence-corrected chi connectivity index (χ4v) is 3.56. The molecule has 9 nitrogen and oxygen atoms in total. The molecule has 226 valence electrons. The number of alkyl halides is 3. The maximum absolute atomic E-state index is 15.2. The van der Waals surface area contributed by atoms with E-state index in [9.17, 15) is 32.7 Å². The highest BCUT2D eigenvalue weighted by atomic mass is 19.4. The lowest BCUT2D eigenvalue weighted by molar-refractivity contribution is -0.275. The van der Waals surface area contributed by atoms with Crippen molar-refractivity contribution < 1.29 is 51.3 Å². The summed E-state index contributed by atoms with van der Waals surface area (Å²) in [5.74, 6) is -5.30. The normalized spacial score (nSPS) is 14.3. The fraction of sp³-hybridized carbons (Fsp3) is 0.464. The van der Waals surface area contributed by atoms with Crippen LogP contribution in [0, 0.1) is 5.82 Å². The van der Waals surface area contributed by atoms with E-state index in [0.29, 0.717) is 11.6 Å². The first-order valence-corrected chi connectivity index (χ1v) is 12.5. The van der Waals surface area contributed by atoms with Gasteiger partial charge in [0.05, 0.1) is 6.04 Å². The van der Waals surface area contributed by atoms with Gasteiger partial charge in [0, 0.05) is 5.56 Å². The highest BCUT2D eigenvalue weighted by Crippen LogP contribution is 2.31. The topological polar surface area (TPSA) is 123 Å². The minimum atomic E-state index is -5.24. The van der Waals surface area contributed by atoms with Crippen LogP contribution >= 0.6 is 0 Å². The summed E-state index contributed by atoms with van der Waals surface area (Å²) in [4.78, 5) is 38.7. The molecule has 0 aliphatic rings. The molecule has 0 aromatic heterocycles. The molecule has 0 fully saturated rings. The predicted molar refractivity (Wildman–Crippen MR) is 139 cm³/mol. The van der Waals surface area contributed by atoms with E-state index in [1.807, 2.05) is 0 Å². The van der Waals surface area contributed by atoms with Gasteiger partial charge in [0.2, 0.25) is 0 Å². The van der Waals surface area contributed by atoms with E-state index >= 15 is 4.39 Å². The second kappa shape index (κ2) is 13.2. The standard InChI is InChI=1S/C28H34F4N2O7/c1-26(2,3)40-24(37)21(17-13-10-14-19(20(17)29)39-28(30,31)32)34-23(36)22(35)18(15-16-11-8-7-9-12-16)33-25(38)41-27(4,5)6/h7-14,18,21-22,35H,15H2,1-6H3,(H,33,38)(H,34,36)/t18-,21-,22+/m1/s1. The Labute approximate surface area is 235 Å². The number of carbonyl (C=O) groups excluding carboxylic acids is 3. The summed E-state index contributed by atoms with van der Waals surface area (Å²) in [6.07, 6.45) is -8.27. The minimum absolute atomic E-state index is 0.0605. The smallest absolute Gasteiger partial charge is 0.458 e. The van der Waals surface area contributed by atoms with Crippen molar-refractivity contribution in [2.24, 2.45) is 0 Å². The van der Waals surface area contributed by atoms with Gasteiger partial charge in [0.1, 0.15) is 11.2 Å². The Hall–Kier alpha value is -3.87. The third-order valence-electron chi connectivity index (χ3n) is 5.11. The molecule has 2 aromatic carbocycles. The van der Waals surface area contributed by atoms with Gasteiger partial charge in [-0.05, 0) is 59.6 Å². The molecule has 41 heavy (non-hydrogen) atoms. The van der Waals surface area contributed by atoms with Gasteiger partial charge in [-0.2, -0.15) is 0 Å². The van der Waals surface area contributed by atoms with Crippen molar-refractivity contribution in [1.82, 2.24) is 10.6 Å². The number of esters is 1. The van der Waals surface area contributed by atoms with Gasteiger partial charge in [-0.3, -0.25) is 4.79 Å². The van der Waals surface area contributed by atoms with Crippen LogP contribution in [0.4, 0.5) is 22.4 Å². The zero-order chi connectivity index (χ0) is 31.2. The molecule has 0 aliphatic carbocycles. The van der Waals surface area contributed by atoms with Crippen molar-refractivity contribution >= 4 is 18.0 Å². The number of nitrogens with one attached hydrogen (secondary N) is 2. The van der Waals surface area contributed by atoms with Crippen LogP contribution < -0.4 is 15.4 Å². The van der Waals surface area contributed by atoms with Gasteiger partial charge in [0.15, 0.2) is 23.7 Å². The number of ether oxygens (including phenoxy) is 3. The van der Waals surface area contributed by atoms with Crippen molar-refractivity contribution in [3.05, 3.63) is 65.5 Å². The highest BCUT2D eigenvalue weighted by molar-refractivity contribution is 5.88. The van der Waals surface area contributed by atoms with E-state index in [1.54, 1.807) is 51.1 Å². The van der Waals surface area contributed by atoms with Gasteiger partial charge in [-0.1, -0.05) is 42.5 Å². The summed E-state index contributed by atoms with van der Waals surface area (Å²) in [6.45, 7) is 9.28. The number of halogens is 4. The van der Waals surface area contributed by atoms with Crippen molar-refractivity contribution in [3.8, 4) is 5.75 Å². The summed E-state index contributed by atoms with van der Waals surface area (Å²) in [5, 5.41) is 15.5. The molecule has 2 amide bonds. The molecule has 0 heterocycles. The Balaban J connectivity index is 2.43. The second-order valence-electron chi connectivity index (χ2n) is 11.1. The number of amides is 2. The van der Waals surface area contributed by atoms with Gasteiger partial charge in [0.25, 0.3) is 5.91 Å². The van der Waals surface area contributed by atoms with Crippen LogP contribution in [-0.4, -0.2) is 52.8 Å². The van der Waals surface area contributed by atoms with E-state index in [0.717, 1.165) is 12.1 Å². The molecule has 0 bridgehead atoms. The summed E-state index contributed by atoms with van der Waals surface area (Å²) >= 11 is 0. The zero-order valence-corrected chi connectivity index (χ0v) is 23.5. The van der Waals surface area contributed by atoms with Crippen LogP contribution in [-0.2, 0) is 25.5 Å². The van der Waals surface area contributed by atoms with Gasteiger partial charge in [-0.15, -0.1) is 13.2 Å². The van der Waals surface area contributed by atoms with Crippen molar-refractivity contribution in [2.75, 3.05) is 0 Å². The van der Waals surface area contributed by atoms with Crippen LogP contribution in [0.15, 0.2) is 48.5 Å².